The third-order valence-corrected chi connectivity index (χ3v) is 5.42. The first-order chi connectivity index (χ1) is 14.2. The van der Waals surface area contributed by atoms with Crippen LogP contribution in [-0.4, -0.2) is 41.8 Å². The summed E-state index contributed by atoms with van der Waals surface area (Å²) >= 11 is 0. The highest BCUT2D eigenvalue weighted by Gasteiger charge is 2.26. The number of nitrogens with zero attached hydrogens (tertiary/aromatic N) is 2. The zero-order chi connectivity index (χ0) is 21.9. The van der Waals surface area contributed by atoms with Gasteiger partial charge in [-0.05, 0) is 36.4 Å². The van der Waals surface area contributed by atoms with Crippen LogP contribution in [0.4, 0.5) is 8.78 Å². The van der Waals surface area contributed by atoms with Crippen LogP contribution in [0, 0.1) is 11.3 Å². The Balaban J connectivity index is 1.75. The fourth-order valence-electron chi connectivity index (χ4n) is 2.50. The van der Waals surface area contributed by atoms with E-state index in [1.54, 1.807) is 30.3 Å². The van der Waals surface area contributed by atoms with Crippen molar-refractivity contribution in [1.29, 1.82) is 5.26 Å². The molecule has 0 aliphatic rings. The highest BCUT2D eigenvalue weighted by atomic mass is 32.2. The van der Waals surface area contributed by atoms with Gasteiger partial charge >= 0.3 is 11.7 Å². The summed E-state index contributed by atoms with van der Waals surface area (Å²) in [6.07, 6.45) is 0. The Morgan fingerprint density at radius 3 is 2.47 bits per heavy atom. The van der Waals surface area contributed by atoms with Crippen LogP contribution in [-0.2, 0) is 14.6 Å². The second-order valence-corrected chi connectivity index (χ2v) is 7.86. The second-order valence-electron chi connectivity index (χ2n) is 5.94. The van der Waals surface area contributed by atoms with E-state index in [-0.39, 0.29) is 17.0 Å². The van der Waals surface area contributed by atoms with Crippen LogP contribution in [0.25, 0.3) is 16.6 Å². The first-order valence-electron chi connectivity index (χ1n) is 8.30. The number of aliphatic hydroxyl groups excluding tert-OH is 1. The molecule has 2 N–H and O–H groups in total. The number of carbonyl (C=O) groups excluding carboxylic acids is 1. The molecule has 1 heterocycles. The van der Waals surface area contributed by atoms with Gasteiger partial charge in [0.05, 0.1) is 21.5 Å². The number of allylic oxidation sites excluding steroid dienone is 1. The van der Waals surface area contributed by atoms with Crippen LogP contribution in [0.15, 0.2) is 59.2 Å². The van der Waals surface area contributed by atoms with Crippen LogP contribution in [0.1, 0.15) is 16.2 Å². The molecule has 154 valence electrons. The number of carbonyl (C=O) groups is 1. The number of hydrogen-bond acceptors (Lipinski definition) is 7. The van der Waals surface area contributed by atoms with Crippen molar-refractivity contribution in [3.63, 3.8) is 0 Å². The standard InChI is InChI=1S/C19H13F2N3O5S/c20-19(21)30(27,28)12-7-5-11(6-8-12)18(26)29-10-16(25)13(9-22)17-23-14-3-1-2-4-15(14)24-17/h1-8,19,25H,10H2,(H,23,24)/b16-13+. The Morgan fingerprint density at radius 2 is 1.87 bits per heavy atom. The average Bonchev–Trinajstić information content (AvgIpc) is 3.16. The number of benzene rings is 2. The Kier molecular flexibility index (Phi) is 5.79. The first kappa shape index (κ1) is 20.9. The highest BCUT2D eigenvalue weighted by Crippen LogP contribution is 2.20. The topological polar surface area (TPSA) is 133 Å². The van der Waals surface area contributed by atoms with E-state index in [0.29, 0.717) is 11.0 Å². The van der Waals surface area contributed by atoms with E-state index >= 15 is 0 Å². The molecule has 0 amide bonds. The summed E-state index contributed by atoms with van der Waals surface area (Å²) in [5, 5.41) is 19.5. The zero-order valence-corrected chi connectivity index (χ0v) is 15.9. The predicted molar refractivity (Wildman–Crippen MR) is 101 cm³/mol. The van der Waals surface area contributed by atoms with Gasteiger partial charge in [-0.3, -0.25) is 0 Å². The number of nitriles is 1. The summed E-state index contributed by atoms with van der Waals surface area (Å²) < 4.78 is 52.8. The van der Waals surface area contributed by atoms with E-state index in [1.165, 1.54) is 0 Å². The van der Waals surface area contributed by atoms with Crippen molar-refractivity contribution in [1.82, 2.24) is 9.97 Å². The van der Waals surface area contributed by atoms with Crippen molar-refractivity contribution in [2.75, 3.05) is 6.61 Å². The summed E-state index contributed by atoms with van der Waals surface area (Å²) in [5.74, 6) is -5.00. The van der Waals surface area contributed by atoms with Crippen molar-refractivity contribution >= 4 is 32.4 Å². The number of aromatic nitrogens is 2. The molecule has 3 aromatic rings. The van der Waals surface area contributed by atoms with Crippen LogP contribution in [0.2, 0.25) is 0 Å². The van der Waals surface area contributed by atoms with Crippen molar-refractivity contribution in [2.24, 2.45) is 0 Å². The van der Waals surface area contributed by atoms with E-state index in [9.17, 15) is 32.4 Å². The highest BCUT2D eigenvalue weighted by molar-refractivity contribution is 7.91. The van der Waals surface area contributed by atoms with Gasteiger partial charge in [0.1, 0.15) is 18.2 Å². The van der Waals surface area contributed by atoms with Gasteiger partial charge < -0.3 is 14.8 Å². The molecule has 0 saturated carbocycles. The molecule has 0 radical (unpaired) electrons. The van der Waals surface area contributed by atoms with Crippen molar-refractivity contribution < 1.29 is 31.8 Å². The molecule has 0 fully saturated rings. The minimum atomic E-state index is -4.78. The molecule has 0 aliphatic heterocycles. The summed E-state index contributed by atoms with van der Waals surface area (Å²) in [7, 11) is -4.78. The van der Waals surface area contributed by atoms with Crippen molar-refractivity contribution in [3.8, 4) is 6.07 Å². The number of hydrogen-bond donors (Lipinski definition) is 2. The van der Waals surface area contributed by atoms with Gasteiger partial charge in [0.2, 0.25) is 9.84 Å². The predicted octanol–water partition coefficient (Wildman–Crippen LogP) is 3.21. The van der Waals surface area contributed by atoms with Gasteiger partial charge in [0.15, 0.2) is 11.6 Å². The number of aromatic amines is 1. The normalized spacial score (nSPS) is 12.5. The lowest BCUT2D eigenvalue weighted by atomic mass is 10.2. The number of fused-ring (bicyclic) bond motifs is 1. The van der Waals surface area contributed by atoms with Crippen LogP contribution >= 0.6 is 0 Å². The Hall–Kier alpha value is -3.78. The molecule has 30 heavy (non-hydrogen) atoms. The number of rotatable bonds is 6. The summed E-state index contributed by atoms with van der Waals surface area (Å²) in [6, 6.07) is 12.4. The van der Waals surface area contributed by atoms with Gasteiger partial charge in [0, 0.05) is 0 Å². The van der Waals surface area contributed by atoms with Gasteiger partial charge in [-0.25, -0.2) is 18.2 Å². The quantitative estimate of drug-likeness (QED) is 0.346. The molecule has 8 nitrogen and oxygen atoms in total. The van der Waals surface area contributed by atoms with E-state index in [4.69, 9.17) is 4.74 Å². The Bertz CT molecular complexity index is 1240. The number of imidazole rings is 1. The summed E-state index contributed by atoms with van der Waals surface area (Å²) in [6.45, 7) is -0.657. The maximum absolute atomic E-state index is 12.5. The molecule has 0 spiro atoms. The van der Waals surface area contributed by atoms with Gasteiger partial charge in [-0.1, -0.05) is 12.1 Å². The maximum Gasteiger partial charge on any atom is 0.341 e. The molecule has 2 aromatic carbocycles. The third kappa shape index (κ3) is 4.13. The van der Waals surface area contributed by atoms with Gasteiger partial charge in [-0.15, -0.1) is 0 Å². The molecular formula is C19H13F2N3O5S. The number of sulfone groups is 1. The molecule has 1 aromatic heterocycles. The molecule has 11 heteroatoms. The lowest BCUT2D eigenvalue weighted by Crippen LogP contribution is -2.12. The van der Waals surface area contributed by atoms with Gasteiger partial charge in [0.25, 0.3) is 0 Å². The third-order valence-electron chi connectivity index (χ3n) is 4.02. The number of H-pyrrole nitrogens is 1. The average molecular weight is 433 g/mol. The Labute approximate surface area is 169 Å². The minimum Gasteiger partial charge on any atom is -0.507 e. The zero-order valence-electron chi connectivity index (χ0n) is 15.0. The fraction of sp³-hybridized carbons (Fsp3) is 0.105. The van der Waals surface area contributed by atoms with E-state index in [1.807, 2.05) is 0 Å². The summed E-state index contributed by atoms with van der Waals surface area (Å²) in [4.78, 5) is 18.5. The molecule has 0 aliphatic carbocycles. The fourth-order valence-corrected chi connectivity index (χ4v) is 3.22. The van der Waals surface area contributed by atoms with E-state index in [2.05, 4.69) is 9.97 Å². The van der Waals surface area contributed by atoms with Crippen LogP contribution in [0.3, 0.4) is 0 Å². The number of esters is 1. The first-order valence-corrected chi connectivity index (χ1v) is 9.85. The largest absolute Gasteiger partial charge is 0.507 e. The molecule has 0 bridgehead atoms. The molecular weight excluding hydrogens is 420 g/mol. The molecule has 0 saturated heterocycles. The van der Waals surface area contributed by atoms with Crippen molar-refractivity contribution in [2.45, 2.75) is 10.7 Å². The molecule has 3 rings (SSSR count). The van der Waals surface area contributed by atoms with Crippen LogP contribution in [0.5, 0.6) is 0 Å². The SMILES string of the molecule is N#C/C(=C(\O)COC(=O)c1ccc(S(=O)(=O)C(F)F)cc1)c1nc2ccccc2[nH]1. The number of nitrogens with one attached hydrogen (secondary N) is 1. The van der Waals surface area contributed by atoms with E-state index < -0.39 is 38.8 Å². The number of ether oxygens (including phenoxy) is 1. The van der Waals surface area contributed by atoms with Gasteiger partial charge in [-0.2, -0.15) is 14.0 Å². The van der Waals surface area contributed by atoms with Crippen molar-refractivity contribution in [3.05, 3.63) is 65.7 Å². The lowest BCUT2D eigenvalue weighted by molar-refractivity contribution is 0.0502. The number of halogens is 2. The lowest BCUT2D eigenvalue weighted by Gasteiger charge is -2.07. The number of para-hydroxylation sites is 2. The smallest absolute Gasteiger partial charge is 0.341 e. The minimum absolute atomic E-state index is 0.0915. The number of alkyl halides is 2. The van der Waals surface area contributed by atoms with Crippen LogP contribution < -0.4 is 0 Å². The molecule has 0 atom stereocenters. The second kappa shape index (κ2) is 8.30. The number of aliphatic hydroxyl groups is 1. The Morgan fingerprint density at radius 1 is 1.20 bits per heavy atom. The monoisotopic (exact) mass is 433 g/mol. The van der Waals surface area contributed by atoms with E-state index in [0.717, 1.165) is 24.3 Å². The maximum atomic E-state index is 12.5. The molecule has 0 unspecified atom stereocenters. The summed E-state index contributed by atoms with van der Waals surface area (Å²) in [5.41, 5.74) is 0.864.